The molecular weight excluding hydrogens is 849 g/mol. The zero-order valence-corrected chi connectivity index (χ0v) is 43.0. The summed E-state index contributed by atoms with van der Waals surface area (Å²) >= 11 is 0. The van der Waals surface area contributed by atoms with Crippen LogP contribution in [0.3, 0.4) is 0 Å². The summed E-state index contributed by atoms with van der Waals surface area (Å²) in [7, 11) is 11.3. The molecule has 2 N–H and O–H groups in total. The molecule has 4 saturated heterocycles. The highest BCUT2D eigenvalue weighted by atomic mass is 16.5. The van der Waals surface area contributed by atoms with Crippen LogP contribution in [0.25, 0.3) is 21.8 Å². The van der Waals surface area contributed by atoms with Gasteiger partial charge < -0.3 is 49.5 Å². The fraction of sp³-hybridized carbons (Fsp3) is 0.630. The van der Waals surface area contributed by atoms with Gasteiger partial charge in [0.1, 0.15) is 23.1 Å². The normalized spacial score (nSPS) is 17.7. The second-order valence-corrected chi connectivity index (χ2v) is 20.0. The van der Waals surface area contributed by atoms with E-state index < -0.39 is 0 Å². The van der Waals surface area contributed by atoms with E-state index in [1.807, 2.05) is 50.1 Å². The highest BCUT2D eigenvalue weighted by Crippen LogP contribution is 2.33. The molecule has 6 heterocycles. The molecular formula is C54H80N12O2. The lowest BCUT2D eigenvalue weighted by atomic mass is 10.0. The molecule has 14 heteroatoms. The third-order valence-corrected chi connectivity index (χ3v) is 14.0. The summed E-state index contributed by atoms with van der Waals surface area (Å²) in [5, 5.41) is 9.43. The molecule has 8 rings (SSSR count). The van der Waals surface area contributed by atoms with Crippen molar-refractivity contribution < 1.29 is 9.47 Å². The zero-order valence-electron chi connectivity index (χ0n) is 43.0. The number of ether oxygens (including phenoxy) is 2. The van der Waals surface area contributed by atoms with Gasteiger partial charge in [-0.15, -0.1) is 0 Å². The van der Waals surface area contributed by atoms with Crippen LogP contribution in [-0.4, -0.2) is 172 Å². The third-order valence-electron chi connectivity index (χ3n) is 14.0. The number of nitrogens with one attached hydrogen (secondary N) is 2. The van der Waals surface area contributed by atoms with Gasteiger partial charge in [-0.1, -0.05) is 23.7 Å². The lowest BCUT2D eigenvalue weighted by Gasteiger charge is -2.35. The maximum Gasteiger partial charge on any atom is 0.227 e. The van der Waals surface area contributed by atoms with E-state index in [0.717, 1.165) is 134 Å². The predicted octanol–water partition coefficient (Wildman–Crippen LogP) is 7.65. The minimum Gasteiger partial charge on any atom is -0.495 e. The van der Waals surface area contributed by atoms with Gasteiger partial charge in [-0.25, -0.2) is 9.97 Å². The minimum absolute atomic E-state index is 0.402. The summed E-state index contributed by atoms with van der Waals surface area (Å²) in [4.78, 5) is 33.4. The highest BCUT2D eigenvalue weighted by Gasteiger charge is 2.25. The van der Waals surface area contributed by atoms with Crippen LogP contribution >= 0.6 is 0 Å². The van der Waals surface area contributed by atoms with E-state index in [9.17, 15) is 0 Å². The third kappa shape index (κ3) is 13.6. The van der Waals surface area contributed by atoms with E-state index in [1.165, 1.54) is 51.9 Å². The maximum atomic E-state index is 5.73. The van der Waals surface area contributed by atoms with Crippen molar-refractivity contribution in [3.8, 4) is 35.2 Å². The Balaban J connectivity index is 0.000000201. The molecule has 0 spiro atoms. The van der Waals surface area contributed by atoms with E-state index in [-0.39, 0.29) is 0 Å². The van der Waals surface area contributed by atoms with Crippen LogP contribution < -0.4 is 29.9 Å². The number of piperidine rings is 2. The number of rotatable bonds is 14. The number of likely N-dealkylation sites (tertiary alicyclic amines) is 4. The van der Waals surface area contributed by atoms with Crippen LogP contribution in [0.1, 0.15) is 103 Å². The lowest BCUT2D eigenvalue weighted by molar-refractivity contribution is 0.177. The van der Waals surface area contributed by atoms with Crippen LogP contribution in [0, 0.1) is 23.7 Å². The first-order valence-corrected chi connectivity index (χ1v) is 25.5. The van der Waals surface area contributed by atoms with Crippen molar-refractivity contribution in [2.45, 2.75) is 116 Å². The topological polar surface area (TPSA) is 114 Å². The van der Waals surface area contributed by atoms with Gasteiger partial charge in [0.25, 0.3) is 0 Å². The lowest BCUT2D eigenvalue weighted by Crippen LogP contribution is -2.42. The summed E-state index contributed by atoms with van der Waals surface area (Å²) < 4.78 is 11.5. The Bertz CT molecular complexity index is 2220. The molecule has 0 radical (unpaired) electrons. The summed E-state index contributed by atoms with van der Waals surface area (Å²) in [6.45, 7) is 20.4. The first-order valence-electron chi connectivity index (χ1n) is 25.5. The van der Waals surface area contributed by atoms with E-state index in [4.69, 9.17) is 29.4 Å². The van der Waals surface area contributed by atoms with Crippen molar-refractivity contribution in [2.75, 3.05) is 128 Å². The van der Waals surface area contributed by atoms with Crippen molar-refractivity contribution in [3.05, 3.63) is 35.4 Å². The molecule has 2 aromatic carbocycles. The fourth-order valence-corrected chi connectivity index (χ4v) is 9.70. The maximum absolute atomic E-state index is 5.73. The molecule has 14 nitrogen and oxygen atoms in total. The Hall–Kier alpha value is -5.12. The van der Waals surface area contributed by atoms with Crippen molar-refractivity contribution >= 4 is 45.3 Å². The molecule has 68 heavy (non-hydrogen) atoms. The largest absolute Gasteiger partial charge is 0.495 e. The first kappa shape index (κ1) is 50.7. The molecule has 0 unspecified atom stereocenters. The Morgan fingerprint density at radius 3 is 1.25 bits per heavy atom. The quantitative estimate of drug-likeness (QED) is 0.121. The number of nitrogens with zero attached hydrogens (tertiary/aromatic N) is 10. The van der Waals surface area contributed by atoms with Gasteiger partial charge in [0.2, 0.25) is 11.9 Å². The summed E-state index contributed by atoms with van der Waals surface area (Å²) in [5.74, 6) is 18.1. The van der Waals surface area contributed by atoms with Gasteiger partial charge in [0, 0.05) is 115 Å². The van der Waals surface area contributed by atoms with Crippen LogP contribution in [-0.2, 0) is 0 Å². The van der Waals surface area contributed by atoms with Crippen molar-refractivity contribution in [2.24, 2.45) is 0 Å². The molecule has 4 aromatic rings. The molecule has 0 amide bonds. The smallest absolute Gasteiger partial charge is 0.227 e. The van der Waals surface area contributed by atoms with Crippen molar-refractivity contribution in [1.82, 2.24) is 39.5 Å². The average Bonchev–Trinajstić information content (AvgIpc) is 4.07. The molecule has 0 aliphatic carbocycles. The molecule has 0 saturated carbocycles. The zero-order chi connectivity index (χ0) is 48.2. The monoisotopic (exact) mass is 929 g/mol. The molecule has 4 fully saturated rings. The fourth-order valence-electron chi connectivity index (χ4n) is 9.70. The standard InChI is InChI=1S/2C27H40N6O/c2*1-20(2)33-16-11-22(12-17-33)28-26-23-19-25(34-5)21(10-6-7-13-32-14-8-9-15-32)18-24(23)29-27(30-26)31(3)4/h2*18-20,22H,7-9,11-17H2,1-5H3,(H,28,29,30). The van der Waals surface area contributed by atoms with Gasteiger partial charge in [-0.2, -0.15) is 9.97 Å². The first-order chi connectivity index (χ1) is 32.9. The number of fused-ring (bicyclic) bond motifs is 2. The minimum atomic E-state index is 0.402. The number of hydrogen-bond acceptors (Lipinski definition) is 14. The van der Waals surface area contributed by atoms with Crippen molar-refractivity contribution in [3.63, 3.8) is 0 Å². The van der Waals surface area contributed by atoms with Crippen LogP contribution in [0.4, 0.5) is 23.5 Å². The molecule has 4 aliphatic rings. The number of anilines is 4. The Morgan fingerprint density at radius 2 is 0.926 bits per heavy atom. The Morgan fingerprint density at radius 1 is 0.559 bits per heavy atom. The Kier molecular flexibility index (Phi) is 18.2. The summed E-state index contributed by atoms with van der Waals surface area (Å²) in [6.07, 6.45) is 11.4. The number of methoxy groups -OCH3 is 2. The predicted molar refractivity (Wildman–Crippen MR) is 282 cm³/mol. The number of aromatic nitrogens is 4. The number of hydrogen-bond donors (Lipinski definition) is 2. The summed E-state index contributed by atoms with van der Waals surface area (Å²) in [5.41, 5.74) is 3.56. The van der Waals surface area contributed by atoms with Gasteiger partial charge in [-0.3, -0.25) is 0 Å². The molecule has 368 valence electrons. The number of benzene rings is 2. The molecule has 2 aromatic heterocycles. The van der Waals surface area contributed by atoms with E-state index >= 15 is 0 Å². The molecule has 0 atom stereocenters. The van der Waals surface area contributed by atoms with Crippen LogP contribution in [0.2, 0.25) is 0 Å². The van der Waals surface area contributed by atoms with Crippen molar-refractivity contribution in [1.29, 1.82) is 0 Å². The van der Waals surface area contributed by atoms with E-state index in [1.54, 1.807) is 14.2 Å². The average molecular weight is 929 g/mol. The van der Waals surface area contributed by atoms with Gasteiger partial charge in [-0.05, 0) is 130 Å². The Labute approximate surface area is 407 Å². The van der Waals surface area contributed by atoms with E-state index in [2.05, 4.69) is 93.7 Å². The second kappa shape index (κ2) is 24.4. The van der Waals surface area contributed by atoms with Crippen LogP contribution in [0.15, 0.2) is 24.3 Å². The second-order valence-electron chi connectivity index (χ2n) is 20.0. The van der Waals surface area contributed by atoms with Gasteiger partial charge >= 0.3 is 0 Å². The van der Waals surface area contributed by atoms with Gasteiger partial charge in [0.05, 0.1) is 36.4 Å². The summed E-state index contributed by atoms with van der Waals surface area (Å²) in [6, 6.07) is 10.2. The van der Waals surface area contributed by atoms with Gasteiger partial charge in [0.15, 0.2) is 0 Å². The van der Waals surface area contributed by atoms with E-state index in [0.29, 0.717) is 36.1 Å². The molecule has 0 bridgehead atoms. The van der Waals surface area contributed by atoms with Crippen LogP contribution in [0.5, 0.6) is 11.5 Å². The molecule has 4 aliphatic heterocycles. The SMILES string of the molecule is COc1cc2c(NC3CCN(C(C)C)CC3)nc(N(C)C)nc2cc1C#CCCN1CCCC1.COc1cc2c(NC3CCN(C(C)C)CC3)nc(N(C)C)nc2cc1C#CCCN1CCCC1. The highest BCUT2D eigenvalue weighted by molar-refractivity contribution is 5.94.